The maximum Gasteiger partial charge on any atom is 0.343 e. The van der Waals surface area contributed by atoms with Crippen LogP contribution in [0.5, 0.6) is 11.5 Å². The van der Waals surface area contributed by atoms with Crippen LogP contribution in [-0.4, -0.2) is 43.7 Å². The van der Waals surface area contributed by atoms with Crippen LogP contribution in [0.3, 0.4) is 0 Å². The van der Waals surface area contributed by atoms with E-state index in [2.05, 4.69) is 24.1 Å². The second-order valence-electron chi connectivity index (χ2n) is 8.88. The summed E-state index contributed by atoms with van der Waals surface area (Å²) >= 11 is 0. The summed E-state index contributed by atoms with van der Waals surface area (Å²) < 4.78 is 18.2. The zero-order valence-electron chi connectivity index (χ0n) is 17.3. The third kappa shape index (κ3) is 2.24. The Hall–Kier alpha value is -2.79. The summed E-state index contributed by atoms with van der Waals surface area (Å²) in [6, 6.07) is 13.8. The number of hydrogen-bond donors (Lipinski definition) is 0. The molecule has 4 atom stereocenters. The van der Waals surface area contributed by atoms with E-state index < -0.39 is 0 Å². The summed E-state index contributed by atoms with van der Waals surface area (Å²) in [7, 11) is 3.91. The Labute approximate surface area is 176 Å². The number of carbonyl (C=O) groups is 1. The van der Waals surface area contributed by atoms with E-state index in [-0.39, 0.29) is 17.5 Å². The lowest BCUT2D eigenvalue weighted by Gasteiger charge is -2.56. The molecule has 2 aromatic rings. The number of allylic oxidation sites excluding steroid dienone is 1. The van der Waals surface area contributed by atoms with Crippen LogP contribution in [0.25, 0.3) is 0 Å². The molecule has 2 bridgehead atoms. The predicted octanol–water partition coefficient (Wildman–Crippen LogP) is 3.72. The summed E-state index contributed by atoms with van der Waals surface area (Å²) in [5.41, 5.74) is 3.03. The van der Waals surface area contributed by atoms with E-state index in [4.69, 9.17) is 14.2 Å². The lowest BCUT2D eigenvalue weighted by Crippen LogP contribution is -2.63. The molecule has 0 aromatic heterocycles. The zero-order valence-corrected chi connectivity index (χ0v) is 17.3. The molecule has 6 rings (SSSR count). The molecule has 5 nitrogen and oxygen atoms in total. The normalized spacial score (nSPS) is 30.7. The highest BCUT2D eigenvalue weighted by Crippen LogP contribution is 2.63. The number of hydrogen-bond acceptors (Lipinski definition) is 5. The van der Waals surface area contributed by atoms with Crippen molar-refractivity contribution < 1.29 is 19.0 Å². The molecule has 4 aliphatic rings. The van der Waals surface area contributed by atoms with E-state index in [9.17, 15) is 4.79 Å². The quantitative estimate of drug-likeness (QED) is 0.731. The van der Waals surface area contributed by atoms with Crippen molar-refractivity contribution in [3.05, 3.63) is 71.0 Å². The smallest absolute Gasteiger partial charge is 0.343 e. The minimum Gasteiger partial charge on any atom is -0.493 e. The van der Waals surface area contributed by atoms with Crippen molar-refractivity contribution in [1.29, 1.82) is 0 Å². The van der Waals surface area contributed by atoms with Crippen LogP contribution >= 0.6 is 0 Å². The fraction of sp³-hybridized carbons (Fsp3) is 0.400. The van der Waals surface area contributed by atoms with Crippen LogP contribution in [0.2, 0.25) is 0 Å². The highest BCUT2D eigenvalue weighted by Gasteiger charge is 2.64. The molecule has 5 heteroatoms. The van der Waals surface area contributed by atoms with Crippen LogP contribution in [0.15, 0.2) is 54.3 Å². The average molecular weight is 403 g/mol. The van der Waals surface area contributed by atoms with Gasteiger partial charge >= 0.3 is 5.97 Å². The Balaban J connectivity index is 1.46. The van der Waals surface area contributed by atoms with E-state index in [0.29, 0.717) is 23.3 Å². The average Bonchev–Trinajstić information content (AvgIpc) is 3.13. The first-order valence-corrected chi connectivity index (χ1v) is 10.7. The summed E-state index contributed by atoms with van der Waals surface area (Å²) in [4.78, 5) is 15.3. The first-order chi connectivity index (χ1) is 14.6. The molecule has 0 amide bonds. The SMILES string of the molecule is COc1ccc2c3c1O[C@H]1C(OC(=O)c4ccccc4)=CC[C@@H]4[C@@H](C2)N(C)CC[C@@]341. The molecule has 1 fully saturated rings. The van der Waals surface area contributed by atoms with Gasteiger partial charge in [-0.05, 0) is 68.6 Å². The topological polar surface area (TPSA) is 48.0 Å². The molecule has 0 N–H and O–H groups in total. The molecule has 30 heavy (non-hydrogen) atoms. The first kappa shape index (κ1) is 18.0. The molecular formula is C25H25NO4. The second-order valence-corrected chi connectivity index (χ2v) is 8.88. The Morgan fingerprint density at radius 3 is 2.83 bits per heavy atom. The molecule has 0 radical (unpaired) electrons. The second kappa shape index (κ2) is 6.35. The molecule has 2 heterocycles. The van der Waals surface area contributed by atoms with E-state index in [1.54, 1.807) is 19.2 Å². The Morgan fingerprint density at radius 1 is 1.20 bits per heavy atom. The number of nitrogens with zero attached hydrogens (tertiary/aromatic N) is 1. The number of methoxy groups -OCH3 is 1. The van der Waals surface area contributed by atoms with Crippen LogP contribution in [0.4, 0.5) is 0 Å². The summed E-state index contributed by atoms with van der Waals surface area (Å²) in [5, 5.41) is 0. The van der Waals surface area contributed by atoms with Crippen molar-refractivity contribution >= 4 is 5.97 Å². The molecular weight excluding hydrogens is 378 g/mol. The van der Waals surface area contributed by atoms with Gasteiger partial charge in [0.05, 0.1) is 12.7 Å². The number of piperidine rings is 1. The number of likely N-dealkylation sites (N-methyl/N-ethyl adjacent to an activating group) is 1. The van der Waals surface area contributed by atoms with Gasteiger partial charge in [-0.2, -0.15) is 0 Å². The molecule has 2 aromatic carbocycles. The third-order valence-electron chi connectivity index (χ3n) is 7.65. The lowest BCUT2D eigenvalue weighted by atomic mass is 9.53. The number of ether oxygens (including phenoxy) is 3. The minimum atomic E-state index is -0.330. The van der Waals surface area contributed by atoms with Crippen LogP contribution < -0.4 is 9.47 Å². The number of likely N-dealkylation sites (tertiary alicyclic amines) is 1. The van der Waals surface area contributed by atoms with E-state index in [1.165, 1.54) is 11.1 Å². The van der Waals surface area contributed by atoms with Crippen molar-refractivity contribution in [3.63, 3.8) is 0 Å². The molecule has 2 aliphatic heterocycles. The first-order valence-electron chi connectivity index (χ1n) is 10.7. The fourth-order valence-electron chi connectivity index (χ4n) is 6.30. The molecule has 1 spiro atoms. The van der Waals surface area contributed by atoms with Crippen LogP contribution in [-0.2, 0) is 16.6 Å². The maximum atomic E-state index is 12.8. The van der Waals surface area contributed by atoms with Gasteiger partial charge in [-0.25, -0.2) is 4.79 Å². The highest BCUT2D eigenvalue weighted by molar-refractivity contribution is 5.90. The van der Waals surface area contributed by atoms with Gasteiger partial charge in [0.2, 0.25) is 0 Å². The van der Waals surface area contributed by atoms with Gasteiger partial charge in [-0.15, -0.1) is 0 Å². The van der Waals surface area contributed by atoms with Crippen molar-refractivity contribution in [1.82, 2.24) is 4.90 Å². The van der Waals surface area contributed by atoms with Crippen LogP contribution in [0.1, 0.15) is 34.3 Å². The maximum absolute atomic E-state index is 12.8. The lowest BCUT2D eigenvalue weighted by molar-refractivity contribution is -0.0272. The fourth-order valence-corrected chi connectivity index (χ4v) is 6.30. The van der Waals surface area contributed by atoms with Crippen molar-refractivity contribution in [2.24, 2.45) is 5.92 Å². The van der Waals surface area contributed by atoms with E-state index in [1.807, 2.05) is 24.3 Å². The van der Waals surface area contributed by atoms with Crippen molar-refractivity contribution in [3.8, 4) is 11.5 Å². The van der Waals surface area contributed by atoms with Crippen molar-refractivity contribution in [2.75, 3.05) is 20.7 Å². The largest absolute Gasteiger partial charge is 0.493 e. The van der Waals surface area contributed by atoms with Crippen molar-refractivity contribution in [2.45, 2.75) is 36.8 Å². The minimum absolute atomic E-state index is 0.157. The highest BCUT2D eigenvalue weighted by atomic mass is 16.6. The summed E-state index contributed by atoms with van der Waals surface area (Å²) in [5.74, 6) is 2.37. The van der Waals surface area contributed by atoms with Gasteiger partial charge in [-0.1, -0.05) is 24.3 Å². The summed E-state index contributed by atoms with van der Waals surface area (Å²) in [6.07, 6.45) is 4.71. The number of rotatable bonds is 3. The van der Waals surface area contributed by atoms with Gasteiger partial charge in [0.1, 0.15) is 5.76 Å². The molecule has 0 unspecified atom stereocenters. The molecule has 2 aliphatic carbocycles. The number of benzene rings is 2. The van der Waals surface area contributed by atoms with Gasteiger partial charge < -0.3 is 19.1 Å². The summed E-state index contributed by atoms with van der Waals surface area (Å²) in [6.45, 7) is 1.01. The Bertz CT molecular complexity index is 1060. The molecule has 1 saturated heterocycles. The van der Waals surface area contributed by atoms with E-state index >= 15 is 0 Å². The molecule has 154 valence electrons. The van der Waals surface area contributed by atoms with Gasteiger partial charge in [0.15, 0.2) is 17.6 Å². The Morgan fingerprint density at radius 2 is 2.03 bits per heavy atom. The van der Waals surface area contributed by atoms with Gasteiger partial charge in [0.25, 0.3) is 0 Å². The monoisotopic (exact) mass is 403 g/mol. The Kier molecular flexibility index (Phi) is 3.81. The molecule has 0 saturated carbocycles. The van der Waals surface area contributed by atoms with Gasteiger partial charge in [0, 0.05) is 17.0 Å². The third-order valence-corrected chi connectivity index (χ3v) is 7.65. The zero-order chi connectivity index (χ0) is 20.5. The van der Waals surface area contributed by atoms with Gasteiger partial charge in [-0.3, -0.25) is 0 Å². The standard InChI is InChI=1S/C25H25NO4/c1-26-13-12-25-17-9-11-20(29-24(27)15-6-4-3-5-7-15)23(25)30-22-19(28-2)10-8-16(21(22)25)14-18(17)26/h3-8,10-11,17-18,23H,9,12-14H2,1-2H3/t17-,18-,23+,25+/m1/s1. The number of esters is 1. The van der Waals surface area contributed by atoms with E-state index in [0.717, 1.165) is 37.3 Å². The number of carbonyl (C=O) groups excluding carboxylic acids is 1. The van der Waals surface area contributed by atoms with Crippen LogP contribution in [0, 0.1) is 5.92 Å². The predicted molar refractivity (Wildman–Crippen MR) is 112 cm³/mol.